The lowest BCUT2D eigenvalue weighted by Crippen LogP contribution is -2.41. The zero-order valence-electron chi connectivity index (χ0n) is 12.8. The third-order valence-electron chi connectivity index (χ3n) is 5.02. The van der Waals surface area contributed by atoms with Gasteiger partial charge in [-0.2, -0.15) is 0 Å². The number of likely N-dealkylation sites (tertiary alicyclic amines) is 1. The normalized spacial score (nSPS) is 18.9. The van der Waals surface area contributed by atoms with Crippen molar-refractivity contribution >= 4 is 21.6 Å². The van der Waals surface area contributed by atoms with Crippen LogP contribution >= 0.6 is 15.9 Å². The first-order valence-corrected chi connectivity index (χ1v) is 8.68. The van der Waals surface area contributed by atoms with Crippen molar-refractivity contribution in [3.05, 3.63) is 28.7 Å². The minimum atomic E-state index is 0.635. The molecule has 1 saturated heterocycles. The van der Waals surface area contributed by atoms with Crippen LogP contribution in [0.4, 0.5) is 5.69 Å². The monoisotopic (exact) mass is 338 g/mol. The summed E-state index contributed by atoms with van der Waals surface area (Å²) in [4.78, 5) is 2.61. The molecule has 0 radical (unpaired) electrons. The van der Waals surface area contributed by atoms with E-state index < -0.39 is 0 Å². The first-order valence-electron chi connectivity index (χ1n) is 7.89. The Balaban J connectivity index is 1.70. The van der Waals surface area contributed by atoms with Gasteiger partial charge in [0.15, 0.2) is 0 Å². The number of hydrogen-bond donors (Lipinski definition) is 1. The summed E-state index contributed by atoms with van der Waals surface area (Å²) in [5, 5.41) is 3.51. The van der Waals surface area contributed by atoms with E-state index in [1.54, 1.807) is 0 Å². The largest absolute Gasteiger partial charge is 0.384 e. The van der Waals surface area contributed by atoms with Crippen LogP contribution < -0.4 is 5.32 Å². The Hall–Kier alpha value is -0.540. The SMILES string of the molecule is CCC1(CC)CCN(CCNc2ccc(Br)cc2)CC1. The van der Waals surface area contributed by atoms with Gasteiger partial charge in [-0.3, -0.25) is 0 Å². The lowest BCUT2D eigenvalue weighted by molar-refractivity contribution is 0.0983. The summed E-state index contributed by atoms with van der Waals surface area (Å²) < 4.78 is 1.13. The predicted molar refractivity (Wildman–Crippen MR) is 91.3 cm³/mol. The molecule has 1 aliphatic rings. The smallest absolute Gasteiger partial charge is 0.0341 e. The zero-order valence-corrected chi connectivity index (χ0v) is 14.4. The third kappa shape index (κ3) is 4.23. The van der Waals surface area contributed by atoms with E-state index >= 15 is 0 Å². The molecule has 1 aromatic carbocycles. The highest BCUT2D eigenvalue weighted by Crippen LogP contribution is 2.37. The number of rotatable bonds is 6. The predicted octanol–water partition coefficient (Wildman–Crippen LogP) is 4.76. The maximum absolute atomic E-state index is 3.51. The minimum Gasteiger partial charge on any atom is -0.384 e. The molecule has 2 rings (SSSR count). The summed E-state index contributed by atoms with van der Waals surface area (Å²) in [5.41, 5.74) is 1.84. The van der Waals surface area contributed by atoms with E-state index in [2.05, 4.69) is 64.3 Å². The average molecular weight is 339 g/mol. The highest BCUT2D eigenvalue weighted by molar-refractivity contribution is 9.10. The van der Waals surface area contributed by atoms with Crippen molar-refractivity contribution in [3.8, 4) is 0 Å². The van der Waals surface area contributed by atoms with E-state index in [9.17, 15) is 0 Å². The summed E-state index contributed by atoms with van der Waals surface area (Å²) in [6.07, 6.45) is 5.43. The highest BCUT2D eigenvalue weighted by atomic mass is 79.9. The van der Waals surface area contributed by atoms with E-state index in [1.807, 2.05) is 0 Å². The maximum Gasteiger partial charge on any atom is 0.0341 e. The number of benzene rings is 1. The van der Waals surface area contributed by atoms with Crippen molar-refractivity contribution in [2.45, 2.75) is 39.5 Å². The Morgan fingerprint density at radius 1 is 1.10 bits per heavy atom. The van der Waals surface area contributed by atoms with Crippen LogP contribution in [-0.4, -0.2) is 31.1 Å². The van der Waals surface area contributed by atoms with Gasteiger partial charge in [0.05, 0.1) is 0 Å². The fraction of sp³-hybridized carbons (Fsp3) is 0.647. The van der Waals surface area contributed by atoms with Gasteiger partial charge in [0.2, 0.25) is 0 Å². The number of nitrogens with one attached hydrogen (secondary N) is 1. The molecular weight excluding hydrogens is 312 g/mol. The fourth-order valence-corrected chi connectivity index (χ4v) is 3.40. The van der Waals surface area contributed by atoms with Gasteiger partial charge >= 0.3 is 0 Å². The molecule has 3 heteroatoms. The molecule has 1 aromatic rings. The van der Waals surface area contributed by atoms with Gasteiger partial charge in [0.25, 0.3) is 0 Å². The van der Waals surface area contributed by atoms with E-state index in [1.165, 1.54) is 44.5 Å². The van der Waals surface area contributed by atoms with Crippen LogP contribution in [0.2, 0.25) is 0 Å². The lowest BCUT2D eigenvalue weighted by atomic mass is 9.74. The van der Waals surface area contributed by atoms with Gasteiger partial charge < -0.3 is 10.2 Å². The van der Waals surface area contributed by atoms with E-state index in [0.29, 0.717) is 5.41 Å². The molecule has 0 aromatic heterocycles. The van der Waals surface area contributed by atoms with Gasteiger partial charge in [-0.05, 0) is 55.6 Å². The van der Waals surface area contributed by atoms with Crippen LogP contribution in [0.5, 0.6) is 0 Å². The summed E-state index contributed by atoms with van der Waals surface area (Å²) in [6.45, 7) is 9.43. The molecule has 0 aliphatic carbocycles. The van der Waals surface area contributed by atoms with Gasteiger partial charge in [-0.15, -0.1) is 0 Å². The molecule has 0 saturated carbocycles. The van der Waals surface area contributed by atoms with Gasteiger partial charge in [0, 0.05) is 23.2 Å². The van der Waals surface area contributed by atoms with Crippen LogP contribution in [0.3, 0.4) is 0 Å². The average Bonchev–Trinajstić information content (AvgIpc) is 2.50. The van der Waals surface area contributed by atoms with E-state index in [4.69, 9.17) is 0 Å². The molecule has 0 amide bonds. The van der Waals surface area contributed by atoms with Gasteiger partial charge in [-0.1, -0.05) is 42.6 Å². The number of anilines is 1. The van der Waals surface area contributed by atoms with Crippen molar-refractivity contribution in [2.24, 2.45) is 5.41 Å². The van der Waals surface area contributed by atoms with E-state index in [0.717, 1.165) is 17.6 Å². The molecule has 0 atom stereocenters. The molecule has 1 fully saturated rings. The molecule has 0 spiro atoms. The molecule has 1 aliphatic heterocycles. The number of nitrogens with zero attached hydrogens (tertiary/aromatic N) is 1. The molecule has 2 nitrogen and oxygen atoms in total. The maximum atomic E-state index is 3.51. The van der Waals surface area contributed by atoms with Crippen LogP contribution in [0, 0.1) is 5.41 Å². The van der Waals surface area contributed by atoms with Crippen molar-refractivity contribution in [1.29, 1.82) is 0 Å². The summed E-state index contributed by atoms with van der Waals surface area (Å²) in [5.74, 6) is 0. The topological polar surface area (TPSA) is 15.3 Å². The molecule has 1 N–H and O–H groups in total. The molecule has 0 bridgehead atoms. The fourth-order valence-electron chi connectivity index (χ4n) is 3.13. The summed E-state index contributed by atoms with van der Waals surface area (Å²) in [6, 6.07) is 8.42. The number of hydrogen-bond acceptors (Lipinski definition) is 2. The van der Waals surface area contributed by atoms with Crippen LogP contribution in [0.15, 0.2) is 28.7 Å². The molecule has 20 heavy (non-hydrogen) atoms. The van der Waals surface area contributed by atoms with Crippen molar-refractivity contribution < 1.29 is 0 Å². The second kappa shape index (κ2) is 7.46. The van der Waals surface area contributed by atoms with Crippen molar-refractivity contribution in [3.63, 3.8) is 0 Å². The Morgan fingerprint density at radius 3 is 2.25 bits per heavy atom. The first-order chi connectivity index (χ1) is 9.67. The second-order valence-electron chi connectivity index (χ2n) is 5.98. The van der Waals surface area contributed by atoms with Crippen LogP contribution in [-0.2, 0) is 0 Å². The highest BCUT2D eigenvalue weighted by Gasteiger charge is 2.30. The number of halogens is 1. The first kappa shape index (κ1) is 15.8. The quantitative estimate of drug-likeness (QED) is 0.804. The Kier molecular flexibility index (Phi) is 5.91. The minimum absolute atomic E-state index is 0.635. The second-order valence-corrected chi connectivity index (χ2v) is 6.90. The zero-order chi connectivity index (χ0) is 14.4. The molecule has 1 heterocycles. The Bertz CT molecular complexity index is 388. The lowest BCUT2D eigenvalue weighted by Gasteiger charge is -2.41. The number of piperidine rings is 1. The summed E-state index contributed by atoms with van der Waals surface area (Å²) in [7, 11) is 0. The van der Waals surface area contributed by atoms with Gasteiger partial charge in [0.1, 0.15) is 0 Å². The Labute approximate surface area is 132 Å². The van der Waals surface area contributed by atoms with Crippen molar-refractivity contribution in [1.82, 2.24) is 4.90 Å². The third-order valence-corrected chi connectivity index (χ3v) is 5.55. The van der Waals surface area contributed by atoms with Crippen molar-refractivity contribution in [2.75, 3.05) is 31.5 Å². The summed E-state index contributed by atoms with van der Waals surface area (Å²) >= 11 is 3.46. The molecule has 0 unspecified atom stereocenters. The molecule has 112 valence electrons. The van der Waals surface area contributed by atoms with Crippen LogP contribution in [0.1, 0.15) is 39.5 Å². The Morgan fingerprint density at radius 2 is 1.70 bits per heavy atom. The standard InChI is InChI=1S/C17H27BrN2/c1-3-17(4-2)9-12-20(13-10-17)14-11-19-16-7-5-15(18)6-8-16/h5-8,19H,3-4,9-14H2,1-2H3. The van der Waals surface area contributed by atoms with Crippen LogP contribution in [0.25, 0.3) is 0 Å². The van der Waals surface area contributed by atoms with Gasteiger partial charge in [-0.25, -0.2) is 0 Å². The van der Waals surface area contributed by atoms with E-state index in [-0.39, 0.29) is 0 Å². The molecular formula is C17H27BrN2.